The second-order valence-corrected chi connectivity index (χ2v) is 3.93. The van der Waals surface area contributed by atoms with Crippen LogP contribution < -0.4 is 0 Å². The zero-order valence-electron chi connectivity index (χ0n) is 9.68. The van der Waals surface area contributed by atoms with Crippen LogP contribution in [0.2, 0.25) is 0 Å². The Hall–Kier alpha value is -1.64. The molecule has 0 heterocycles. The minimum atomic E-state index is -0.900. The molecule has 1 aromatic rings. The predicted molar refractivity (Wildman–Crippen MR) is 65.3 cm³/mol. The van der Waals surface area contributed by atoms with Gasteiger partial charge < -0.3 is 5.11 Å². The summed E-state index contributed by atoms with van der Waals surface area (Å²) >= 11 is 0. The van der Waals surface area contributed by atoms with E-state index in [2.05, 4.69) is 18.8 Å². The van der Waals surface area contributed by atoms with Crippen molar-refractivity contribution in [1.82, 2.24) is 0 Å². The first-order valence-corrected chi connectivity index (χ1v) is 5.46. The fourth-order valence-electron chi connectivity index (χ4n) is 1.18. The Bertz CT molecular complexity index is 368. The van der Waals surface area contributed by atoms with Crippen LogP contribution in [0.3, 0.4) is 0 Å². The van der Waals surface area contributed by atoms with Crippen LogP contribution in [0.5, 0.6) is 0 Å². The first-order valence-electron chi connectivity index (χ1n) is 5.46. The van der Waals surface area contributed by atoms with Gasteiger partial charge in [-0.3, -0.25) is 4.99 Å². The van der Waals surface area contributed by atoms with Gasteiger partial charge in [0.15, 0.2) is 0 Å². The lowest BCUT2D eigenvalue weighted by atomic mass is 10.1. The van der Waals surface area contributed by atoms with Gasteiger partial charge in [-0.15, -0.1) is 0 Å². The number of carbonyl (C=O) groups is 1. The molecule has 3 heteroatoms. The molecule has 0 aliphatic carbocycles. The number of aliphatic imine (C=N–C) groups is 1. The molecule has 86 valence electrons. The van der Waals surface area contributed by atoms with Crippen LogP contribution in [-0.2, 0) is 0 Å². The molecule has 16 heavy (non-hydrogen) atoms. The highest BCUT2D eigenvalue weighted by Gasteiger charge is 2.00. The summed E-state index contributed by atoms with van der Waals surface area (Å²) in [6.07, 6.45) is 2.91. The quantitative estimate of drug-likeness (QED) is 0.774. The molecule has 0 radical (unpaired) electrons. The monoisotopic (exact) mass is 219 g/mol. The van der Waals surface area contributed by atoms with Crippen molar-refractivity contribution < 1.29 is 9.90 Å². The van der Waals surface area contributed by atoms with Gasteiger partial charge >= 0.3 is 5.97 Å². The first kappa shape index (κ1) is 12.4. The van der Waals surface area contributed by atoms with E-state index in [1.54, 1.807) is 30.5 Å². The van der Waals surface area contributed by atoms with Crippen molar-refractivity contribution >= 4 is 12.2 Å². The van der Waals surface area contributed by atoms with Gasteiger partial charge in [-0.1, -0.05) is 32.4 Å². The molecule has 1 rings (SSSR count). The topological polar surface area (TPSA) is 49.7 Å². The summed E-state index contributed by atoms with van der Waals surface area (Å²) < 4.78 is 0. The number of carboxylic acid groups (broad SMARTS) is 1. The Kier molecular flexibility index (Phi) is 4.70. The lowest BCUT2D eigenvalue weighted by Crippen LogP contribution is -1.98. The molecule has 0 spiro atoms. The number of aromatic carboxylic acids is 1. The second-order valence-electron chi connectivity index (χ2n) is 3.93. The average molecular weight is 219 g/mol. The van der Waals surface area contributed by atoms with Gasteiger partial charge in [-0.05, 0) is 23.6 Å². The van der Waals surface area contributed by atoms with Crippen LogP contribution >= 0.6 is 0 Å². The Morgan fingerprint density at radius 3 is 2.56 bits per heavy atom. The van der Waals surface area contributed by atoms with Crippen LogP contribution in [0.25, 0.3) is 0 Å². The maximum atomic E-state index is 10.6. The van der Waals surface area contributed by atoms with Crippen LogP contribution in [0.4, 0.5) is 0 Å². The second kappa shape index (κ2) is 6.05. The Morgan fingerprint density at radius 1 is 1.44 bits per heavy atom. The fourth-order valence-corrected chi connectivity index (χ4v) is 1.18. The number of carboxylic acids is 1. The highest BCUT2D eigenvalue weighted by atomic mass is 16.4. The van der Waals surface area contributed by atoms with Gasteiger partial charge in [0.05, 0.1) is 5.56 Å². The zero-order chi connectivity index (χ0) is 12.0. The molecule has 0 saturated heterocycles. The summed E-state index contributed by atoms with van der Waals surface area (Å²) in [6, 6.07) is 6.72. The van der Waals surface area contributed by atoms with Crippen molar-refractivity contribution in [2.24, 2.45) is 10.9 Å². The summed E-state index contributed by atoms with van der Waals surface area (Å²) in [7, 11) is 0. The molecule has 0 aromatic heterocycles. The van der Waals surface area contributed by atoms with Crippen LogP contribution in [0.1, 0.15) is 36.2 Å². The van der Waals surface area contributed by atoms with Crippen LogP contribution in [-0.4, -0.2) is 23.8 Å². The zero-order valence-corrected chi connectivity index (χ0v) is 9.68. The number of rotatable bonds is 5. The molecule has 1 unspecified atom stereocenters. The van der Waals surface area contributed by atoms with E-state index in [4.69, 9.17) is 5.11 Å². The SMILES string of the molecule is CCC(C)C/N=C/c1ccc(C(=O)O)cc1. The smallest absolute Gasteiger partial charge is 0.335 e. The lowest BCUT2D eigenvalue weighted by molar-refractivity contribution is 0.0697. The molecule has 1 atom stereocenters. The number of nitrogens with zero attached hydrogens (tertiary/aromatic N) is 1. The van der Waals surface area contributed by atoms with Crippen molar-refractivity contribution in [3.05, 3.63) is 35.4 Å². The van der Waals surface area contributed by atoms with E-state index in [0.717, 1.165) is 18.5 Å². The molecule has 1 N–H and O–H groups in total. The maximum Gasteiger partial charge on any atom is 0.335 e. The molecular weight excluding hydrogens is 202 g/mol. The third kappa shape index (κ3) is 3.85. The molecule has 1 aromatic carbocycles. The van der Waals surface area contributed by atoms with E-state index in [0.29, 0.717) is 11.5 Å². The molecule has 0 amide bonds. The summed E-state index contributed by atoms with van der Waals surface area (Å²) in [4.78, 5) is 14.9. The highest BCUT2D eigenvalue weighted by Crippen LogP contribution is 2.04. The summed E-state index contributed by atoms with van der Waals surface area (Å²) in [5, 5.41) is 8.72. The van der Waals surface area contributed by atoms with Gasteiger partial charge in [0.2, 0.25) is 0 Å². The molecule has 0 fully saturated rings. The summed E-state index contributed by atoms with van der Waals surface area (Å²) in [6.45, 7) is 5.11. The lowest BCUT2D eigenvalue weighted by Gasteiger charge is -2.02. The van der Waals surface area contributed by atoms with Crippen LogP contribution in [0.15, 0.2) is 29.3 Å². The molecule has 0 saturated carbocycles. The van der Waals surface area contributed by atoms with E-state index < -0.39 is 5.97 Å². The summed E-state index contributed by atoms with van der Waals surface area (Å²) in [5.41, 5.74) is 1.24. The van der Waals surface area contributed by atoms with Gasteiger partial charge in [-0.25, -0.2) is 4.79 Å². The average Bonchev–Trinajstić information content (AvgIpc) is 2.29. The van der Waals surface area contributed by atoms with Crippen molar-refractivity contribution in [3.8, 4) is 0 Å². The van der Waals surface area contributed by atoms with Crippen molar-refractivity contribution in [2.45, 2.75) is 20.3 Å². The molecule has 0 aliphatic rings. The predicted octanol–water partition coefficient (Wildman–Crippen LogP) is 2.85. The Morgan fingerprint density at radius 2 is 2.06 bits per heavy atom. The van der Waals surface area contributed by atoms with Crippen LogP contribution in [0, 0.1) is 5.92 Å². The standard InChI is InChI=1S/C13H17NO2/c1-3-10(2)8-14-9-11-4-6-12(7-5-11)13(15)16/h4-7,9-10H,3,8H2,1-2H3,(H,15,16)/b14-9+. The van der Waals surface area contributed by atoms with Gasteiger partial charge in [0, 0.05) is 12.8 Å². The normalized spacial score (nSPS) is 12.9. The number of hydrogen-bond acceptors (Lipinski definition) is 2. The summed E-state index contributed by atoms with van der Waals surface area (Å²) in [5.74, 6) is -0.308. The number of benzene rings is 1. The minimum Gasteiger partial charge on any atom is -0.478 e. The minimum absolute atomic E-state index is 0.305. The first-order chi connectivity index (χ1) is 7.63. The third-order valence-corrected chi connectivity index (χ3v) is 2.51. The molecule has 3 nitrogen and oxygen atoms in total. The van der Waals surface area contributed by atoms with Crippen molar-refractivity contribution in [2.75, 3.05) is 6.54 Å². The molecular formula is C13H17NO2. The fraction of sp³-hybridized carbons (Fsp3) is 0.385. The molecule has 0 bridgehead atoms. The largest absolute Gasteiger partial charge is 0.478 e. The van der Waals surface area contributed by atoms with Gasteiger partial charge in [0.1, 0.15) is 0 Å². The third-order valence-electron chi connectivity index (χ3n) is 2.51. The van der Waals surface area contributed by atoms with Crippen molar-refractivity contribution in [3.63, 3.8) is 0 Å². The van der Waals surface area contributed by atoms with E-state index in [1.165, 1.54) is 0 Å². The van der Waals surface area contributed by atoms with E-state index in [-0.39, 0.29) is 0 Å². The number of hydrogen-bond donors (Lipinski definition) is 1. The highest BCUT2D eigenvalue weighted by molar-refractivity contribution is 5.89. The van der Waals surface area contributed by atoms with E-state index in [1.807, 2.05) is 0 Å². The van der Waals surface area contributed by atoms with Crippen molar-refractivity contribution in [1.29, 1.82) is 0 Å². The van der Waals surface area contributed by atoms with Gasteiger partial charge in [0.25, 0.3) is 0 Å². The van der Waals surface area contributed by atoms with Gasteiger partial charge in [-0.2, -0.15) is 0 Å². The Balaban J connectivity index is 2.58. The molecule has 0 aliphatic heterocycles. The van der Waals surface area contributed by atoms with E-state index in [9.17, 15) is 4.79 Å². The van der Waals surface area contributed by atoms with E-state index >= 15 is 0 Å². The maximum absolute atomic E-state index is 10.6. The Labute approximate surface area is 95.8 Å².